The molecule has 2 aliphatic heterocycles. The number of nitrogens with one attached hydrogen (secondary N) is 1. The topological polar surface area (TPSA) is 52.7 Å². The van der Waals surface area contributed by atoms with Crippen LogP contribution in [0.1, 0.15) is 31.2 Å². The number of nitrogens with zero attached hydrogens (tertiary/aromatic N) is 2. The van der Waals surface area contributed by atoms with Crippen molar-refractivity contribution in [2.24, 2.45) is 5.92 Å². The number of amides is 2. The monoisotopic (exact) mass is 347 g/mol. The van der Waals surface area contributed by atoms with Crippen LogP contribution < -0.4 is 5.32 Å². The Bertz CT molecular complexity index is 636. The number of likely N-dealkylation sites (tertiary alicyclic amines) is 2. The SMILES string of the molecule is Cc1ccc(NC(=O)CN2CCC(C(=O)N3CCCC3)CC2)c(F)c1. The Hall–Kier alpha value is -1.95. The van der Waals surface area contributed by atoms with E-state index in [4.69, 9.17) is 0 Å². The number of hydrogen-bond acceptors (Lipinski definition) is 3. The third-order valence-electron chi connectivity index (χ3n) is 5.12. The van der Waals surface area contributed by atoms with Crippen LogP contribution in [-0.2, 0) is 9.59 Å². The van der Waals surface area contributed by atoms with Gasteiger partial charge in [0.25, 0.3) is 0 Å². The van der Waals surface area contributed by atoms with Crippen molar-refractivity contribution in [1.82, 2.24) is 9.80 Å². The van der Waals surface area contributed by atoms with Gasteiger partial charge in [0.05, 0.1) is 12.2 Å². The van der Waals surface area contributed by atoms with Gasteiger partial charge in [-0.1, -0.05) is 6.07 Å². The summed E-state index contributed by atoms with van der Waals surface area (Å²) in [4.78, 5) is 28.6. The van der Waals surface area contributed by atoms with Gasteiger partial charge in [-0.15, -0.1) is 0 Å². The van der Waals surface area contributed by atoms with E-state index in [0.29, 0.717) is 0 Å². The fourth-order valence-corrected chi connectivity index (χ4v) is 3.65. The summed E-state index contributed by atoms with van der Waals surface area (Å²) in [5, 5.41) is 2.63. The Labute approximate surface area is 148 Å². The number of hydrogen-bond donors (Lipinski definition) is 1. The molecule has 2 saturated heterocycles. The fourth-order valence-electron chi connectivity index (χ4n) is 3.65. The van der Waals surface area contributed by atoms with Crippen LogP contribution in [0.5, 0.6) is 0 Å². The summed E-state index contributed by atoms with van der Waals surface area (Å²) >= 11 is 0. The number of halogens is 1. The van der Waals surface area contributed by atoms with E-state index in [1.807, 2.05) is 16.7 Å². The van der Waals surface area contributed by atoms with Crippen LogP contribution in [0.25, 0.3) is 0 Å². The van der Waals surface area contributed by atoms with Gasteiger partial charge in [-0.25, -0.2) is 4.39 Å². The van der Waals surface area contributed by atoms with Crippen molar-refractivity contribution in [1.29, 1.82) is 0 Å². The van der Waals surface area contributed by atoms with Gasteiger partial charge in [0.2, 0.25) is 11.8 Å². The third-order valence-corrected chi connectivity index (χ3v) is 5.12. The normalized spacial score (nSPS) is 19.2. The number of piperidine rings is 1. The zero-order valence-corrected chi connectivity index (χ0v) is 14.8. The molecule has 2 aliphatic rings. The van der Waals surface area contributed by atoms with E-state index < -0.39 is 5.82 Å². The molecule has 1 aromatic carbocycles. The first kappa shape index (κ1) is 17.9. The summed E-state index contributed by atoms with van der Waals surface area (Å²) in [6, 6.07) is 4.77. The Morgan fingerprint density at radius 3 is 2.48 bits per heavy atom. The van der Waals surface area contributed by atoms with Gasteiger partial charge in [0.15, 0.2) is 0 Å². The highest BCUT2D eigenvalue weighted by atomic mass is 19.1. The zero-order chi connectivity index (χ0) is 17.8. The number of carbonyl (C=O) groups is 2. The highest BCUT2D eigenvalue weighted by Gasteiger charge is 2.30. The van der Waals surface area contributed by atoms with Crippen LogP contribution in [0.3, 0.4) is 0 Å². The number of benzene rings is 1. The molecule has 5 nitrogen and oxygen atoms in total. The molecule has 2 heterocycles. The second-order valence-electron chi connectivity index (χ2n) is 7.11. The molecule has 1 N–H and O–H groups in total. The molecule has 6 heteroatoms. The minimum atomic E-state index is -0.414. The predicted octanol–water partition coefficient (Wildman–Crippen LogP) is 2.41. The summed E-state index contributed by atoms with van der Waals surface area (Å²) in [5.74, 6) is -0.259. The Balaban J connectivity index is 1.45. The van der Waals surface area contributed by atoms with Crippen LogP contribution in [0.4, 0.5) is 10.1 Å². The van der Waals surface area contributed by atoms with Gasteiger partial charge in [-0.05, 0) is 63.4 Å². The van der Waals surface area contributed by atoms with Crippen molar-refractivity contribution in [3.8, 4) is 0 Å². The van der Waals surface area contributed by atoms with Gasteiger partial charge in [0.1, 0.15) is 5.82 Å². The van der Waals surface area contributed by atoms with Gasteiger partial charge in [-0.2, -0.15) is 0 Å². The molecule has 0 aliphatic carbocycles. The molecule has 136 valence electrons. The molecule has 25 heavy (non-hydrogen) atoms. The van der Waals surface area contributed by atoms with Crippen LogP contribution in [0.15, 0.2) is 18.2 Å². The lowest BCUT2D eigenvalue weighted by Crippen LogP contribution is -2.43. The summed E-state index contributed by atoms with van der Waals surface area (Å²) in [7, 11) is 0. The second-order valence-corrected chi connectivity index (χ2v) is 7.11. The number of aryl methyl sites for hydroxylation is 1. The number of anilines is 1. The van der Waals surface area contributed by atoms with Crippen molar-refractivity contribution in [3.63, 3.8) is 0 Å². The van der Waals surface area contributed by atoms with Crippen LogP contribution in [-0.4, -0.2) is 54.3 Å². The van der Waals surface area contributed by atoms with E-state index in [2.05, 4.69) is 5.32 Å². The lowest BCUT2D eigenvalue weighted by molar-refractivity contribution is -0.136. The Morgan fingerprint density at radius 2 is 1.84 bits per heavy atom. The molecule has 3 rings (SSSR count). The highest BCUT2D eigenvalue weighted by molar-refractivity contribution is 5.92. The lowest BCUT2D eigenvalue weighted by Gasteiger charge is -2.32. The van der Waals surface area contributed by atoms with Gasteiger partial charge in [-0.3, -0.25) is 14.5 Å². The quantitative estimate of drug-likeness (QED) is 0.910. The first-order valence-electron chi connectivity index (χ1n) is 9.10. The summed E-state index contributed by atoms with van der Waals surface area (Å²) in [6.07, 6.45) is 3.81. The highest BCUT2D eigenvalue weighted by Crippen LogP contribution is 2.22. The van der Waals surface area contributed by atoms with Gasteiger partial charge >= 0.3 is 0 Å². The standard InChI is InChI=1S/C19H26FN3O2/c1-14-4-5-17(16(20)12-14)21-18(24)13-22-10-6-15(7-11-22)19(25)23-8-2-3-9-23/h4-5,12,15H,2-3,6-11,13H2,1H3,(H,21,24). The molecular formula is C19H26FN3O2. The van der Waals surface area contributed by atoms with E-state index in [1.165, 1.54) is 6.07 Å². The van der Waals surface area contributed by atoms with E-state index >= 15 is 0 Å². The van der Waals surface area contributed by atoms with Gasteiger partial charge in [0, 0.05) is 19.0 Å². The molecule has 2 fully saturated rings. The lowest BCUT2D eigenvalue weighted by atomic mass is 9.95. The van der Waals surface area contributed by atoms with E-state index in [0.717, 1.165) is 57.4 Å². The van der Waals surface area contributed by atoms with Crippen LogP contribution in [0.2, 0.25) is 0 Å². The smallest absolute Gasteiger partial charge is 0.238 e. The maximum Gasteiger partial charge on any atom is 0.238 e. The Morgan fingerprint density at radius 1 is 1.16 bits per heavy atom. The van der Waals surface area contributed by atoms with Crippen molar-refractivity contribution >= 4 is 17.5 Å². The predicted molar refractivity (Wildman–Crippen MR) is 94.7 cm³/mol. The molecule has 0 aromatic heterocycles. The molecule has 0 spiro atoms. The zero-order valence-electron chi connectivity index (χ0n) is 14.8. The molecule has 0 atom stereocenters. The molecule has 0 saturated carbocycles. The average molecular weight is 347 g/mol. The minimum absolute atomic E-state index is 0.0898. The molecule has 0 radical (unpaired) electrons. The minimum Gasteiger partial charge on any atom is -0.342 e. The van der Waals surface area contributed by atoms with E-state index in [1.54, 1.807) is 12.1 Å². The average Bonchev–Trinajstić information content (AvgIpc) is 3.12. The van der Waals surface area contributed by atoms with Crippen molar-refractivity contribution in [2.75, 3.05) is 38.0 Å². The maximum atomic E-state index is 13.8. The number of rotatable bonds is 4. The molecule has 2 amide bonds. The van der Waals surface area contributed by atoms with Crippen molar-refractivity contribution in [2.45, 2.75) is 32.6 Å². The van der Waals surface area contributed by atoms with Crippen LogP contribution >= 0.6 is 0 Å². The van der Waals surface area contributed by atoms with Crippen molar-refractivity contribution in [3.05, 3.63) is 29.6 Å². The Kier molecular flexibility index (Phi) is 5.68. The largest absolute Gasteiger partial charge is 0.342 e. The summed E-state index contributed by atoms with van der Waals surface area (Å²) in [6.45, 7) is 5.29. The maximum absolute atomic E-state index is 13.8. The first-order valence-corrected chi connectivity index (χ1v) is 9.10. The fraction of sp³-hybridized carbons (Fsp3) is 0.579. The third kappa shape index (κ3) is 4.57. The molecule has 0 bridgehead atoms. The van der Waals surface area contributed by atoms with E-state index in [9.17, 15) is 14.0 Å². The number of carbonyl (C=O) groups excluding carboxylic acids is 2. The molecular weight excluding hydrogens is 321 g/mol. The van der Waals surface area contributed by atoms with Crippen LogP contribution in [0, 0.1) is 18.7 Å². The summed E-state index contributed by atoms with van der Waals surface area (Å²) in [5.41, 5.74) is 1.04. The first-order chi connectivity index (χ1) is 12.0. The van der Waals surface area contributed by atoms with Gasteiger partial charge < -0.3 is 10.2 Å². The second kappa shape index (κ2) is 7.95. The summed E-state index contributed by atoms with van der Waals surface area (Å²) < 4.78 is 13.8. The molecule has 0 unspecified atom stereocenters. The van der Waals surface area contributed by atoms with E-state index in [-0.39, 0.29) is 30.0 Å². The van der Waals surface area contributed by atoms with Crippen molar-refractivity contribution < 1.29 is 14.0 Å². The molecule has 1 aromatic rings.